The summed E-state index contributed by atoms with van der Waals surface area (Å²) < 4.78 is 0. The maximum absolute atomic E-state index is 12.1. The number of carboxylic acids is 1. The van der Waals surface area contributed by atoms with E-state index in [4.69, 9.17) is 5.11 Å². The van der Waals surface area contributed by atoms with E-state index in [0.717, 1.165) is 18.6 Å². The Morgan fingerprint density at radius 1 is 1.44 bits per heavy atom. The highest BCUT2D eigenvalue weighted by atomic mass is 32.2. The lowest BCUT2D eigenvalue weighted by molar-refractivity contribution is -0.151. The maximum atomic E-state index is 12.1. The third-order valence-corrected chi connectivity index (χ3v) is 3.64. The van der Waals surface area contributed by atoms with E-state index in [1.54, 1.807) is 23.6 Å². The monoisotopic (exact) mass is 245 g/mol. The molecule has 16 heavy (non-hydrogen) atoms. The Morgan fingerprint density at radius 3 is 2.38 bits per heavy atom. The van der Waals surface area contributed by atoms with Crippen molar-refractivity contribution in [1.29, 1.82) is 0 Å². The van der Waals surface area contributed by atoms with Crippen molar-refractivity contribution in [3.8, 4) is 0 Å². The minimum absolute atomic E-state index is 0.0215. The summed E-state index contributed by atoms with van der Waals surface area (Å²) in [6, 6.07) is -0.549. The van der Waals surface area contributed by atoms with Crippen LogP contribution >= 0.6 is 11.8 Å². The molecule has 1 rings (SSSR count). The molecule has 2 unspecified atom stereocenters. The Hall–Kier alpha value is -0.710. The van der Waals surface area contributed by atoms with E-state index in [2.05, 4.69) is 0 Å². The average molecular weight is 245 g/mol. The van der Waals surface area contributed by atoms with Crippen LogP contribution in [0.25, 0.3) is 0 Å². The molecule has 0 saturated heterocycles. The Kier molecular flexibility index (Phi) is 4.65. The van der Waals surface area contributed by atoms with Crippen molar-refractivity contribution in [2.75, 3.05) is 12.0 Å². The van der Waals surface area contributed by atoms with Gasteiger partial charge in [-0.1, -0.05) is 6.92 Å². The molecule has 0 aromatic carbocycles. The summed E-state index contributed by atoms with van der Waals surface area (Å²) in [6.07, 6.45) is 3.83. The average Bonchev–Trinajstić information content (AvgIpc) is 3.02. The first-order valence-electron chi connectivity index (χ1n) is 5.53. The molecule has 0 radical (unpaired) electrons. The number of carboxylic acid groups (broad SMARTS) is 1. The van der Waals surface area contributed by atoms with Crippen molar-refractivity contribution in [1.82, 2.24) is 4.90 Å². The second-order valence-corrected chi connectivity index (χ2v) is 5.26. The summed E-state index contributed by atoms with van der Waals surface area (Å²) in [5, 5.41) is 8.99. The van der Waals surface area contributed by atoms with Crippen LogP contribution in [-0.4, -0.2) is 46.0 Å². The van der Waals surface area contributed by atoms with Gasteiger partial charge in [-0.05, 0) is 26.0 Å². The van der Waals surface area contributed by atoms with E-state index < -0.39 is 12.0 Å². The summed E-state index contributed by atoms with van der Waals surface area (Å²) in [4.78, 5) is 24.6. The molecule has 1 amide bonds. The molecule has 0 spiro atoms. The lowest BCUT2D eigenvalue weighted by Crippen LogP contribution is -2.47. The molecule has 1 fully saturated rings. The largest absolute Gasteiger partial charge is 0.480 e. The van der Waals surface area contributed by atoms with Crippen LogP contribution in [0, 0.1) is 5.92 Å². The quantitative estimate of drug-likeness (QED) is 0.769. The van der Waals surface area contributed by atoms with Crippen molar-refractivity contribution >= 4 is 23.6 Å². The molecule has 2 atom stereocenters. The van der Waals surface area contributed by atoms with Gasteiger partial charge in [0.15, 0.2) is 0 Å². The van der Waals surface area contributed by atoms with Crippen molar-refractivity contribution in [3.05, 3.63) is 0 Å². The maximum Gasteiger partial charge on any atom is 0.326 e. The number of thioether (sulfide) groups is 1. The third kappa shape index (κ3) is 3.14. The van der Waals surface area contributed by atoms with Gasteiger partial charge in [0.1, 0.15) is 6.04 Å². The zero-order valence-corrected chi connectivity index (χ0v) is 10.8. The zero-order chi connectivity index (χ0) is 12.3. The fourth-order valence-electron chi connectivity index (χ4n) is 1.73. The van der Waals surface area contributed by atoms with E-state index in [9.17, 15) is 9.59 Å². The summed E-state index contributed by atoms with van der Waals surface area (Å²) in [5.41, 5.74) is 0. The molecule has 0 aromatic heterocycles. The van der Waals surface area contributed by atoms with Gasteiger partial charge in [-0.15, -0.1) is 0 Å². The van der Waals surface area contributed by atoms with Crippen molar-refractivity contribution in [2.24, 2.45) is 5.92 Å². The lowest BCUT2D eigenvalue weighted by atomic mass is 10.1. The minimum Gasteiger partial charge on any atom is -0.480 e. The number of carbonyl (C=O) groups is 2. The third-order valence-electron chi connectivity index (χ3n) is 2.81. The molecule has 1 N–H and O–H groups in total. The second kappa shape index (κ2) is 5.57. The van der Waals surface area contributed by atoms with Crippen LogP contribution in [0.3, 0.4) is 0 Å². The Balaban J connectivity index is 2.69. The summed E-state index contributed by atoms with van der Waals surface area (Å²) in [5.74, 6) is -0.297. The highest BCUT2D eigenvalue weighted by molar-refractivity contribution is 7.98. The molecular weight excluding hydrogens is 226 g/mol. The van der Waals surface area contributed by atoms with Crippen molar-refractivity contribution in [2.45, 2.75) is 38.8 Å². The Morgan fingerprint density at radius 2 is 2.00 bits per heavy atom. The standard InChI is InChI=1S/C11H19NO3S/c1-7(6-16-3)10(13)12(9-4-5-9)8(2)11(14)15/h7-9H,4-6H2,1-3H3,(H,14,15). The van der Waals surface area contributed by atoms with Crippen LogP contribution in [0.4, 0.5) is 0 Å². The molecule has 4 nitrogen and oxygen atoms in total. The van der Waals surface area contributed by atoms with Crippen LogP contribution in [0.2, 0.25) is 0 Å². The van der Waals surface area contributed by atoms with Gasteiger partial charge in [-0.3, -0.25) is 4.79 Å². The van der Waals surface area contributed by atoms with Gasteiger partial charge in [-0.25, -0.2) is 4.79 Å². The minimum atomic E-state index is -0.920. The van der Waals surface area contributed by atoms with Crippen molar-refractivity contribution < 1.29 is 14.7 Å². The van der Waals surface area contributed by atoms with E-state index >= 15 is 0 Å². The normalized spacial score (nSPS) is 18.9. The molecule has 92 valence electrons. The summed E-state index contributed by atoms with van der Waals surface area (Å²) >= 11 is 1.61. The van der Waals surface area contributed by atoms with Crippen LogP contribution in [0.1, 0.15) is 26.7 Å². The molecular formula is C11H19NO3S. The molecule has 5 heteroatoms. The number of rotatable bonds is 6. The first kappa shape index (κ1) is 13.4. The summed E-state index contributed by atoms with van der Waals surface area (Å²) in [7, 11) is 0. The highest BCUT2D eigenvalue weighted by Crippen LogP contribution is 2.30. The van der Waals surface area contributed by atoms with E-state index in [0.29, 0.717) is 0 Å². The van der Waals surface area contributed by atoms with Crippen LogP contribution in [0.15, 0.2) is 0 Å². The second-order valence-electron chi connectivity index (χ2n) is 4.35. The molecule has 1 saturated carbocycles. The fraction of sp³-hybridized carbons (Fsp3) is 0.818. The van der Waals surface area contributed by atoms with Gasteiger partial charge in [-0.2, -0.15) is 11.8 Å². The van der Waals surface area contributed by atoms with Gasteiger partial charge < -0.3 is 10.0 Å². The fourth-order valence-corrected chi connectivity index (χ4v) is 2.38. The lowest BCUT2D eigenvalue weighted by Gasteiger charge is -2.29. The topological polar surface area (TPSA) is 57.6 Å². The van der Waals surface area contributed by atoms with Gasteiger partial charge >= 0.3 is 5.97 Å². The number of amides is 1. The number of nitrogens with zero attached hydrogens (tertiary/aromatic N) is 1. The van der Waals surface area contributed by atoms with Crippen LogP contribution < -0.4 is 0 Å². The first-order valence-corrected chi connectivity index (χ1v) is 6.92. The first-order chi connectivity index (χ1) is 7.49. The van der Waals surface area contributed by atoms with Crippen LogP contribution in [-0.2, 0) is 9.59 Å². The molecule has 0 heterocycles. The van der Waals surface area contributed by atoms with Gasteiger partial charge in [0.2, 0.25) is 5.91 Å². The zero-order valence-electron chi connectivity index (χ0n) is 9.97. The predicted octanol–water partition coefficient (Wildman–Crippen LogP) is 1.45. The number of hydrogen-bond donors (Lipinski definition) is 1. The highest BCUT2D eigenvalue weighted by Gasteiger charge is 2.39. The SMILES string of the molecule is CSCC(C)C(=O)N(C1CC1)C(C)C(=O)O. The molecule has 1 aliphatic rings. The Bertz CT molecular complexity index is 278. The molecule has 0 bridgehead atoms. The molecule has 1 aliphatic carbocycles. The Labute approximate surface area is 100 Å². The van der Waals surface area contributed by atoms with E-state index in [1.165, 1.54) is 0 Å². The number of hydrogen-bond acceptors (Lipinski definition) is 3. The van der Waals surface area contributed by atoms with Crippen LogP contribution in [0.5, 0.6) is 0 Å². The van der Waals surface area contributed by atoms with Gasteiger partial charge in [0.05, 0.1) is 0 Å². The number of carbonyl (C=O) groups excluding carboxylic acids is 1. The van der Waals surface area contributed by atoms with Crippen molar-refractivity contribution in [3.63, 3.8) is 0 Å². The predicted molar refractivity (Wildman–Crippen MR) is 64.5 cm³/mol. The smallest absolute Gasteiger partial charge is 0.326 e. The van der Waals surface area contributed by atoms with Gasteiger partial charge in [0.25, 0.3) is 0 Å². The number of aliphatic carboxylic acids is 1. The van der Waals surface area contributed by atoms with E-state index in [1.807, 2.05) is 13.2 Å². The van der Waals surface area contributed by atoms with Gasteiger partial charge in [0, 0.05) is 17.7 Å². The van der Waals surface area contributed by atoms with E-state index in [-0.39, 0.29) is 17.9 Å². The summed E-state index contributed by atoms with van der Waals surface area (Å²) in [6.45, 7) is 3.45. The molecule has 0 aromatic rings. The molecule has 0 aliphatic heterocycles.